The molecule has 3 heterocycles. The lowest BCUT2D eigenvalue weighted by Gasteiger charge is -2.38. The largest absolute Gasteiger partial charge is 0.490 e. The predicted molar refractivity (Wildman–Crippen MR) is 105 cm³/mol. The fourth-order valence-electron chi connectivity index (χ4n) is 3.85. The first-order chi connectivity index (χ1) is 13.4. The van der Waals surface area contributed by atoms with Crippen LogP contribution in [-0.4, -0.2) is 53.6 Å². The van der Waals surface area contributed by atoms with Gasteiger partial charge in [-0.2, -0.15) is 0 Å². The van der Waals surface area contributed by atoms with Gasteiger partial charge in [0.2, 0.25) is 0 Å². The third-order valence-corrected chi connectivity index (χ3v) is 5.10. The van der Waals surface area contributed by atoms with Crippen LogP contribution >= 0.6 is 0 Å². The van der Waals surface area contributed by atoms with E-state index in [1.54, 1.807) is 11.1 Å². The molecule has 2 aliphatic heterocycles. The lowest BCUT2D eigenvalue weighted by molar-refractivity contribution is -0.108. The Hall–Kier alpha value is -2.15. The van der Waals surface area contributed by atoms with Gasteiger partial charge in [0.15, 0.2) is 0 Å². The molecule has 1 fully saturated rings. The zero-order chi connectivity index (χ0) is 20.1. The standard InChI is InChI=1S/C21H31N3O4/c1-21(2,3)28-20(26)24-13-9-16-19(17(24)5-4-14-25)18(8-12-23-16)27-15-6-10-22-11-7-15/h8,12,14-15,17,22H,4-7,9-11,13H2,1-3H3. The molecule has 0 spiro atoms. The molecule has 1 saturated heterocycles. The number of aldehydes is 1. The first-order valence-electron chi connectivity index (χ1n) is 10.2. The molecule has 0 radical (unpaired) electrons. The molecular weight excluding hydrogens is 358 g/mol. The lowest BCUT2D eigenvalue weighted by atomic mass is 9.92. The highest BCUT2D eigenvalue weighted by atomic mass is 16.6. The van der Waals surface area contributed by atoms with Crippen LogP contribution in [0.15, 0.2) is 12.3 Å². The van der Waals surface area contributed by atoms with Crippen molar-refractivity contribution in [3.05, 3.63) is 23.5 Å². The summed E-state index contributed by atoms with van der Waals surface area (Å²) in [5.41, 5.74) is 1.30. The quantitative estimate of drug-likeness (QED) is 0.780. The van der Waals surface area contributed by atoms with E-state index >= 15 is 0 Å². The molecule has 1 unspecified atom stereocenters. The van der Waals surface area contributed by atoms with Crippen molar-refractivity contribution in [2.24, 2.45) is 0 Å². The zero-order valence-corrected chi connectivity index (χ0v) is 17.1. The molecule has 0 bridgehead atoms. The van der Waals surface area contributed by atoms with E-state index in [0.29, 0.717) is 25.8 Å². The van der Waals surface area contributed by atoms with E-state index in [4.69, 9.17) is 9.47 Å². The average Bonchev–Trinajstić information content (AvgIpc) is 2.65. The molecule has 154 valence electrons. The van der Waals surface area contributed by atoms with E-state index < -0.39 is 5.60 Å². The second-order valence-corrected chi connectivity index (χ2v) is 8.42. The molecule has 1 amide bonds. The minimum Gasteiger partial charge on any atom is -0.490 e. The van der Waals surface area contributed by atoms with E-state index in [2.05, 4.69) is 10.3 Å². The van der Waals surface area contributed by atoms with Crippen LogP contribution in [0.1, 0.15) is 63.8 Å². The van der Waals surface area contributed by atoms with Gasteiger partial charge in [-0.15, -0.1) is 0 Å². The first-order valence-corrected chi connectivity index (χ1v) is 10.2. The highest BCUT2D eigenvalue weighted by Crippen LogP contribution is 2.39. The summed E-state index contributed by atoms with van der Waals surface area (Å²) in [6, 6.07) is 1.61. The molecule has 28 heavy (non-hydrogen) atoms. The van der Waals surface area contributed by atoms with Gasteiger partial charge in [-0.3, -0.25) is 4.98 Å². The van der Waals surface area contributed by atoms with Gasteiger partial charge in [0.1, 0.15) is 23.7 Å². The Labute approximate surface area is 166 Å². The van der Waals surface area contributed by atoms with Crippen LogP contribution in [0.5, 0.6) is 5.75 Å². The molecule has 2 aliphatic rings. The molecule has 0 saturated carbocycles. The maximum atomic E-state index is 12.8. The van der Waals surface area contributed by atoms with Gasteiger partial charge in [-0.05, 0) is 59.2 Å². The number of fused-ring (bicyclic) bond motifs is 1. The van der Waals surface area contributed by atoms with Crippen molar-refractivity contribution >= 4 is 12.4 Å². The highest BCUT2D eigenvalue weighted by Gasteiger charge is 2.36. The second-order valence-electron chi connectivity index (χ2n) is 8.42. The summed E-state index contributed by atoms with van der Waals surface area (Å²) >= 11 is 0. The molecule has 1 atom stereocenters. The Bertz CT molecular complexity index is 695. The zero-order valence-electron chi connectivity index (χ0n) is 17.1. The summed E-state index contributed by atoms with van der Waals surface area (Å²) in [6.07, 6.45) is 5.91. The van der Waals surface area contributed by atoms with Crippen molar-refractivity contribution in [1.82, 2.24) is 15.2 Å². The minimum absolute atomic E-state index is 0.149. The maximum Gasteiger partial charge on any atom is 0.410 e. The molecule has 1 N–H and O–H groups in total. The highest BCUT2D eigenvalue weighted by molar-refractivity contribution is 5.70. The number of piperidine rings is 1. The van der Waals surface area contributed by atoms with Crippen LogP contribution in [0, 0.1) is 0 Å². The fourth-order valence-corrected chi connectivity index (χ4v) is 3.85. The number of carbonyl (C=O) groups excluding carboxylic acids is 2. The van der Waals surface area contributed by atoms with Crippen LogP contribution in [0.2, 0.25) is 0 Å². The van der Waals surface area contributed by atoms with E-state index in [-0.39, 0.29) is 18.2 Å². The summed E-state index contributed by atoms with van der Waals surface area (Å²) < 4.78 is 12.0. The van der Waals surface area contributed by atoms with E-state index in [1.165, 1.54) is 0 Å². The van der Waals surface area contributed by atoms with E-state index in [0.717, 1.165) is 49.2 Å². The number of amides is 1. The summed E-state index contributed by atoms with van der Waals surface area (Å²) in [7, 11) is 0. The molecular formula is C21H31N3O4. The van der Waals surface area contributed by atoms with Crippen LogP contribution < -0.4 is 10.1 Å². The van der Waals surface area contributed by atoms with Crippen molar-refractivity contribution in [3.8, 4) is 5.75 Å². The lowest BCUT2D eigenvalue weighted by Crippen LogP contribution is -2.43. The van der Waals surface area contributed by atoms with Crippen LogP contribution in [0.25, 0.3) is 0 Å². The van der Waals surface area contributed by atoms with Crippen molar-refractivity contribution in [2.45, 2.75) is 70.6 Å². The van der Waals surface area contributed by atoms with Gasteiger partial charge in [-0.25, -0.2) is 4.79 Å². The van der Waals surface area contributed by atoms with Crippen LogP contribution in [0.4, 0.5) is 4.79 Å². The number of rotatable bonds is 5. The Balaban J connectivity index is 1.90. The van der Waals surface area contributed by atoms with Crippen molar-refractivity contribution in [2.75, 3.05) is 19.6 Å². The topological polar surface area (TPSA) is 80.8 Å². The van der Waals surface area contributed by atoms with Crippen LogP contribution in [0.3, 0.4) is 0 Å². The second kappa shape index (κ2) is 8.90. The summed E-state index contributed by atoms with van der Waals surface area (Å²) in [4.78, 5) is 30.2. The Morgan fingerprint density at radius 2 is 2.11 bits per heavy atom. The van der Waals surface area contributed by atoms with Gasteiger partial charge in [0, 0.05) is 31.1 Å². The van der Waals surface area contributed by atoms with Gasteiger partial charge in [-0.1, -0.05) is 0 Å². The number of carbonyl (C=O) groups is 2. The number of aromatic nitrogens is 1. The molecule has 3 rings (SSSR count). The number of nitrogens with zero attached hydrogens (tertiary/aromatic N) is 2. The Morgan fingerprint density at radius 3 is 2.79 bits per heavy atom. The van der Waals surface area contributed by atoms with E-state index in [1.807, 2.05) is 26.8 Å². The van der Waals surface area contributed by atoms with Crippen molar-refractivity contribution in [3.63, 3.8) is 0 Å². The molecule has 7 heteroatoms. The Kier molecular flexibility index (Phi) is 6.54. The number of hydrogen-bond donors (Lipinski definition) is 1. The van der Waals surface area contributed by atoms with Gasteiger partial charge < -0.3 is 24.5 Å². The average molecular weight is 389 g/mol. The third-order valence-electron chi connectivity index (χ3n) is 5.10. The fraction of sp³-hybridized carbons (Fsp3) is 0.667. The summed E-state index contributed by atoms with van der Waals surface area (Å²) in [5.74, 6) is 0.779. The normalized spacial score (nSPS) is 20.4. The van der Waals surface area contributed by atoms with E-state index in [9.17, 15) is 9.59 Å². The SMILES string of the molecule is CC(C)(C)OC(=O)N1CCc2nccc(OC3CCNCC3)c2C1CCC=O. The van der Waals surface area contributed by atoms with Gasteiger partial charge in [0.05, 0.1) is 11.7 Å². The Morgan fingerprint density at radius 1 is 1.36 bits per heavy atom. The number of hydrogen-bond acceptors (Lipinski definition) is 6. The molecule has 1 aromatic heterocycles. The van der Waals surface area contributed by atoms with Gasteiger partial charge >= 0.3 is 6.09 Å². The number of ether oxygens (including phenoxy) is 2. The maximum absolute atomic E-state index is 12.8. The summed E-state index contributed by atoms with van der Waals surface area (Å²) in [6.45, 7) is 7.98. The first kappa shape index (κ1) is 20.6. The van der Waals surface area contributed by atoms with Crippen molar-refractivity contribution < 1.29 is 19.1 Å². The molecule has 0 aliphatic carbocycles. The molecule has 0 aromatic carbocycles. The number of nitrogens with one attached hydrogen (secondary N) is 1. The van der Waals surface area contributed by atoms with Gasteiger partial charge in [0.25, 0.3) is 0 Å². The number of pyridine rings is 1. The van der Waals surface area contributed by atoms with Crippen LogP contribution in [-0.2, 0) is 16.0 Å². The molecule has 7 nitrogen and oxygen atoms in total. The smallest absolute Gasteiger partial charge is 0.410 e. The third kappa shape index (κ3) is 5.01. The van der Waals surface area contributed by atoms with Crippen molar-refractivity contribution in [1.29, 1.82) is 0 Å². The predicted octanol–water partition coefficient (Wildman–Crippen LogP) is 3.03. The molecule has 1 aromatic rings. The minimum atomic E-state index is -0.573. The monoisotopic (exact) mass is 389 g/mol. The summed E-state index contributed by atoms with van der Waals surface area (Å²) in [5, 5.41) is 3.34.